The molecule has 3 aliphatic rings. The van der Waals surface area contributed by atoms with E-state index in [1.165, 1.54) is 16.6 Å². The van der Waals surface area contributed by atoms with Crippen LogP contribution in [-0.2, 0) is 21.2 Å². The lowest BCUT2D eigenvalue weighted by atomic mass is 9.93. The molecule has 0 aromatic carbocycles. The molecule has 0 unspecified atom stereocenters. The summed E-state index contributed by atoms with van der Waals surface area (Å²) in [6.45, 7) is 1.19. The number of alkyl halides is 5. The Morgan fingerprint density at radius 1 is 1.03 bits per heavy atom. The van der Waals surface area contributed by atoms with Gasteiger partial charge < -0.3 is 4.90 Å². The maximum absolute atomic E-state index is 13.6. The Kier molecular flexibility index (Phi) is 11.0. The van der Waals surface area contributed by atoms with Gasteiger partial charge in [0.1, 0.15) is 0 Å². The van der Waals surface area contributed by atoms with E-state index in [4.69, 9.17) is 0 Å². The van der Waals surface area contributed by atoms with Gasteiger partial charge in [-0.05, 0) is 56.6 Å². The lowest BCUT2D eigenvalue weighted by Crippen LogP contribution is -2.62. The zero-order valence-electron chi connectivity index (χ0n) is 21.0. The Hall–Kier alpha value is -1.32. The third-order valence-corrected chi connectivity index (χ3v) is 10.5. The third kappa shape index (κ3) is 6.95. The normalized spacial score (nSPS) is 21.5. The number of pyridine rings is 1. The molecular formula is C23H33Cl2F5N4O4S. The summed E-state index contributed by atoms with van der Waals surface area (Å²) in [5, 5.41) is 9.34. The molecule has 2 aliphatic heterocycles. The molecule has 8 nitrogen and oxygen atoms in total. The first-order chi connectivity index (χ1) is 17.3. The molecule has 224 valence electrons. The van der Waals surface area contributed by atoms with E-state index in [1.807, 2.05) is 0 Å². The maximum atomic E-state index is 13.6. The van der Waals surface area contributed by atoms with E-state index in [1.54, 1.807) is 11.5 Å². The number of sulfonamides is 1. The van der Waals surface area contributed by atoms with Gasteiger partial charge >= 0.3 is 12.1 Å². The largest absolute Gasteiger partial charge is 0.453 e. The Morgan fingerprint density at radius 2 is 1.62 bits per heavy atom. The number of hydrogen-bond acceptors (Lipinski definition) is 6. The summed E-state index contributed by atoms with van der Waals surface area (Å²) in [4.78, 5) is 19.1. The van der Waals surface area contributed by atoms with Crippen molar-refractivity contribution >= 4 is 40.7 Å². The molecule has 16 heteroatoms. The summed E-state index contributed by atoms with van der Waals surface area (Å²) in [6, 6.07) is 3.48. The predicted octanol–water partition coefficient (Wildman–Crippen LogP) is 4.07. The molecule has 1 saturated carbocycles. The molecule has 1 aromatic rings. The van der Waals surface area contributed by atoms with Crippen molar-refractivity contribution < 1.29 is 40.4 Å². The zero-order valence-corrected chi connectivity index (χ0v) is 23.4. The number of amides is 1. The molecular weight excluding hydrogens is 594 g/mol. The van der Waals surface area contributed by atoms with Crippen LogP contribution >= 0.6 is 24.8 Å². The summed E-state index contributed by atoms with van der Waals surface area (Å²) in [6.07, 6.45) is -3.05. The van der Waals surface area contributed by atoms with E-state index in [0.29, 0.717) is 37.7 Å². The Balaban J connectivity index is 0.00000267. The number of piperidine rings is 2. The number of likely N-dealkylation sites (tertiary alicyclic amines) is 1. The van der Waals surface area contributed by atoms with Gasteiger partial charge in [0.05, 0.1) is 0 Å². The van der Waals surface area contributed by atoms with Gasteiger partial charge in [0.25, 0.3) is 5.91 Å². The first-order valence-corrected chi connectivity index (χ1v) is 13.8. The van der Waals surface area contributed by atoms with E-state index in [-0.39, 0.29) is 62.2 Å². The average Bonchev–Trinajstić information content (AvgIpc) is 3.72. The topological polar surface area (TPSA) is 103 Å². The summed E-state index contributed by atoms with van der Waals surface area (Å²) in [5.41, 5.74) is 2.42. The molecule has 3 fully saturated rings. The van der Waals surface area contributed by atoms with Crippen molar-refractivity contribution in [3.05, 3.63) is 29.6 Å². The fourth-order valence-corrected chi connectivity index (χ4v) is 7.47. The maximum Gasteiger partial charge on any atom is 0.453 e. The number of halogens is 7. The highest BCUT2D eigenvalue weighted by atomic mass is 35.5. The van der Waals surface area contributed by atoms with E-state index < -0.39 is 45.6 Å². The summed E-state index contributed by atoms with van der Waals surface area (Å²) in [7, 11) is -4.08. The van der Waals surface area contributed by atoms with Crippen LogP contribution in [0.15, 0.2) is 18.3 Å². The Morgan fingerprint density at radius 3 is 2.08 bits per heavy atom. The number of aryl methyl sites for hydroxylation is 1. The molecule has 0 bridgehead atoms. The van der Waals surface area contributed by atoms with Gasteiger partial charge in [-0.2, -0.15) is 22.0 Å². The molecule has 2 saturated heterocycles. The number of hydrogen-bond donors (Lipinski definition) is 2. The first kappa shape index (κ1) is 33.9. The molecule has 1 amide bonds. The predicted molar refractivity (Wildman–Crippen MR) is 137 cm³/mol. The first-order valence-electron chi connectivity index (χ1n) is 12.4. The second kappa shape index (κ2) is 12.7. The molecule has 0 atom stereocenters. The van der Waals surface area contributed by atoms with Gasteiger partial charge in [-0.15, -0.1) is 24.8 Å². The average molecular weight is 628 g/mol. The van der Waals surface area contributed by atoms with Crippen LogP contribution in [0.3, 0.4) is 0 Å². The van der Waals surface area contributed by atoms with Crippen LogP contribution < -0.4 is 5.48 Å². The molecule has 0 radical (unpaired) electrons. The van der Waals surface area contributed by atoms with E-state index >= 15 is 0 Å². The van der Waals surface area contributed by atoms with Crippen LogP contribution in [0.2, 0.25) is 0 Å². The quantitative estimate of drug-likeness (QED) is 0.256. The van der Waals surface area contributed by atoms with E-state index in [9.17, 15) is 40.4 Å². The molecule has 1 aliphatic carbocycles. The summed E-state index contributed by atoms with van der Waals surface area (Å²) in [5.74, 6) is -5.82. The van der Waals surface area contributed by atoms with Gasteiger partial charge in [-0.1, -0.05) is 6.07 Å². The lowest BCUT2D eigenvalue weighted by Gasteiger charge is -2.43. The van der Waals surface area contributed by atoms with Crippen LogP contribution in [0.1, 0.15) is 62.1 Å². The van der Waals surface area contributed by atoms with Crippen LogP contribution in [0, 0.1) is 0 Å². The highest BCUT2D eigenvalue weighted by Crippen LogP contribution is 2.40. The molecule has 0 spiro atoms. The molecule has 4 rings (SSSR count). The summed E-state index contributed by atoms with van der Waals surface area (Å²) < 4.78 is 90.3. The minimum Gasteiger partial charge on any atom is -0.300 e. The van der Waals surface area contributed by atoms with Crippen molar-refractivity contribution in [2.45, 2.75) is 80.2 Å². The van der Waals surface area contributed by atoms with Crippen LogP contribution in [0.4, 0.5) is 22.0 Å². The SMILES string of the molecule is Cl.Cl.O=C(NO)C1(S(=O)(=O)N2CCC(c3ccc(CCC(F)(F)C(F)(F)F)cn3)CC2)CCN(C2CC2)CC1. The minimum atomic E-state index is -5.60. The molecule has 39 heavy (non-hydrogen) atoms. The van der Waals surface area contributed by atoms with Crippen LogP contribution in [0.5, 0.6) is 0 Å². The second-order valence-corrected chi connectivity index (χ2v) is 12.4. The van der Waals surface area contributed by atoms with Gasteiger partial charge in [-0.3, -0.25) is 15.0 Å². The van der Waals surface area contributed by atoms with Crippen LogP contribution in [-0.4, -0.2) is 82.8 Å². The molecule has 3 heterocycles. The van der Waals surface area contributed by atoms with Gasteiger partial charge in [0.2, 0.25) is 10.0 Å². The van der Waals surface area contributed by atoms with Crippen molar-refractivity contribution in [2.24, 2.45) is 0 Å². The van der Waals surface area contributed by atoms with E-state index in [2.05, 4.69) is 9.88 Å². The van der Waals surface area contributed by atoms with Gasteiger partial charge in [0.15, 0.2) is 4.75 Å². The van der Waals surface area contributed by atoms with Crippen molar-refractivity contribution in [2.75, 3.05) is 26.2 Å². The standard InChI is InChI=1S/C23H31F5N4O4S.2ClH/c24-22(25,23(26,27)28)8-5-16-1-4-19(29-15-16)17-6-11-32(12-7-17)37(35,36)21(20(33)30-34)9-13-31(14-10-21)18-2-3-18;;/h1,4,15,17-18,34H,2-3,5-14H2,(H,30,33);2*1H. The third-order valence-electron chi connectivity index (χ3n) is 7.88. The Bertz CT molecular complexity index is 1070. The van der Waals surface area contributed by atoms with Crippen molar-refractivity contribution in [1.82, 2.24) is 19.7 Å². The molecule has 1 aromatic heterocycles. The van der Waals surface area contributed by atoms with Crippen molar-refractivity contribution in [3.63, 3.8) is 0 Å². The highest BCUT2D eigenvalue weighted by Gasteiger charge is 2.57. The minimum absolute atomic E-state index is 0. The number of carbonyl (C=O) groups excluding carboxylic acids is 1. The number of nitrogens with zero attached hydrogens (tertiary/aromatic N) is 3. The number of nitrogens with one attached hydrogen (secondary N) is 1. The number of aromatic nitrogens is 1. The van der Waals surface area contributed by atoms with Crippen LogP contribution in [0.25, 0.3) is 0 Å². The Labute approximate surface area is 236 Å². The number of hydroxylamine groups is 1. The second-order valence-electron chi connectivity index (χ2n) is 10.2. The van der Waals surface area contributed by atoms with Crippen molar-refractivity contribution in [3.8, 4) is 0 Å². The lowest BCUT2D eigenvalue weighted by molar-refractivity contribution is -0.284. The summed E-state index contributed by atoms with van der Waals surface area (Å²) >= 11 is 0. The molecule has 2 N–H and O–H groups in total. The highest BCUT2D eigenvalue weighted by molar-refractivity contribution is 7.91. The van der Waals surface area contributed by atoms with Crippen molar-refractivity contribution in [1.29, 1.82) is 0 Å². The van der Waals surface area contributed by atoms with E-state index in [0.717, 1.165) is 12.8 Å². The smallest absolute Gasteiger partial charge is 0.300 e. The zero-order chi connectivity index (χ0) is 27.1. The number of carbonyl (C=O) groups is 1. The monoisotopic (exact) mass is 626 g/mol. The van der Waals surface area contributed by atoms with Gasteiger partial charge in [0, 0.05) is 56.5 Å². The fraction of sp³-hybridized carbons (Fsp3) is 0.739. The fourth-order valence-electron chi connectivity index (χ4n) is 5.30. The van der Waals surface area contributed by atoms with Gasteiger partial charge in [-0.25, -0.2) is 18.2 Å². The number of rotatable bonds is 8.